The highest BCUT2D eigenvalue weighted by atomic mass is 16.5. The van der Waals surface area contributed by atoms with Crippen LogP contribution in [0.2, 0.25) is 0 Å². The number of aliphatic hydroxyl groups is 1. The lowest BCUT2D eigenvalue weighted by Crippen LogP contribution is -2.13. The SMILES string of the molecule is CC(=O)Nc1ccccc1OCC(O)c1ccccc1N. The summed E-state index contributed by atoms with van der Waals surface area (Å²) in [6.07, 6.45) is -0.836. The molecule has 0 fully saturated rings. The average Bonchev–Trinajstić information content (AvgIpc) is 2.46. The molecular weight excluding hydrogens is 268 g/mol. The quantitative estimate of drug-likeness (QED) is 0.737. The van der Waals surface area contributed by atoms with Crippen LogP contribution in [0.25, 0.3) is 0 Å². The molecule has 0 aliphatic carbocycles. The Morgan fingerprint density at radius 2 is 1.90 bits per heavy atom. The lowest BCUT2D eigenvalue weighted by molar-refractivity contribution is -0.114. The number of nitrogens with one attached hydrogen (secondary N) is 1. The van der Waals surface area contributed by atoms with Crippen molar-refractivity contribution in [1.82, 2.24) is 0 Å². The van der Waals surface area contributed by atoms with E-state index in [0.717, 1.165) is 0 Å². The van der Waals surface area contributed by atoms with E-state index >= 15 is 0 Å². The van der Waals surface area contributed by atoms with Crippen LogP contribution in [-0.4, -0.2) is 17.6 Å². The third kappa shape index (κ3) is 3.97. The van der Waals surface area contributed by atoms with Gasteiger partial charge in [0.1, 0.15) is 18.5 Å². The first kappa shape index (κ1) is 14.9. The molecule has 0 saturated heterocycles. The Morgan fingerprint density at radius 1 is 1.24 bits per heavy atom. The molecule has 4 N–H and O–H groups in total. The molecule has 1 amide bonds. The summed E-state index contributed by atoms with van der Waals surface area (Å²) in [5.41, 5.74) is 7.52. The van der Waals surface area contributed by atoms with Gasteiger partial charge in [-0.3, -0.25) is 4.79 Å². The monoisotopic (exact) mass is 286 g/mol. The van der Waals surface area contributed by atoms with Gasteiger partial charge in [-0.1, -0.05) is 30.3 Å². The van der Waals surface area contributed by atoms with E-state index in [1.165, 1.54) is 6.92 Å². The van der Waals surface area contributed by atoms with Gasteiger partial charge in [0, 0.05) is 18.2 Å². The Balaban J connectivity index is 2.06. The Hall–Kier alpha value is -2.53. The fraction of sp³-hybridized carbons (Fsp3) is 0.188. The van der Waals surface area contributed by atoms with E-state index in [2.05, 4.69) is 5.32 Å². The number of aliphatic hydroxyl groups excluding tert-OH is 1. The van der Waals surface area contributed by atoms with Gasteiger partial charge in [0.25, 0.3) is 0 Å². The molecule has 5 heteroatoms. The summed E-state index contributed by atoms with van der Waals surface area (Å²) in [6.45, 7) is 1.47. The molecule has 0 bridgehead atoms. The van der Waals surface area contributed by atoms with Crippen molar-refractivity contribution in [3.05, 3.63) is 54.1 Å². The third-order valence-corrected chi connectivity index (χ3v) is 2.95. The summed E-state index contributed by atoms with van der Waals surface area (Å²) >= 11 is 0. The first-order chi connectivity index (χ1) is 10.1. The summed E-state index contributed by atoms with van der Waals surface area (Å²) in [5.74, 6) is 0.320. The maximum absolute atomic E-state index is 11.1. The van der Waals surface area contributed by atoms with Gasteiger partial charge in [0.15, 0.2) is 0 Å². The second kappa shape index (κ2) is 6.76. The van der Waals surface area contributed by atoms with E-state index in [9.17, 15) is 9.90 Å². The first-order valence-electron chi connectivity index (χ1n) is 6.60. The molecule has 110 valence electrons. The van der Waals surface area contributed by atoms with Crippen LogP contribution in [-0.2, 0) is 4.79 Å². The zero-order valence-electron chi connectivity index (χ0n) is 11.7. The molecule has 5 nitrogen and oxygen atoms in total. The summed E-state index contributed by atoms with van der Waals surface area (Å²) in [7, 11) is 0. The largest absolute Gasteiger partial charge is 0.488 e. The number of hydrogen-bond acceptors (Lipinski definition) is 4. The molecule has 2 aromatic rings. The smallest absolute Gasteiger partial charge is 0.221 e. The molecule has 1 unspecified atom stereocenters. The Morgan fingerprint density at radius 3 is 2.62 bits per heavy atom. The van der Waals surface area contributed by atoms with E-state index in [1.807, 2.05) is 0 Å². The van der Waals surface area contributed by atoms with Crippen LogP contribution in [0, 0.1) is 0 Å². The van der Waals surface area contributed by atoms with Crippen LogP contribution in [0.4, 0.5) is 11.4 Å². The molecule has 0 aromatic heterocycles. The highest BCUT2D eigenvalue weighted by Gasteiger charge is 2.12. The van der Waals surface area contributed by atoms with Crippen LogP contribution in [0.5, 0.6) is 5.75 Å². The van der Waals surface area contributed by atoms with Gasteiger partial charge in [-0.2, -0.15) is 0 Å². The summed E-state index contributed by atoms with van der Waals surface area (Å²) in [6, 6.07) is 14.1. The molecule has 0 radical (unpaired) electrons. The molecule has 0 saturated carbocycles. The Labute approximate surface area is 123 Å². The van der Waals surface area contributed by atoms with Gasteiger partial charge in [-0.25, -0.2) is 0 Å². The highest BCUT2D eigenvalue weighted by Crippen LogP contribution is 2.26. The van der Waals surface area contributed by atoms with E-state index in [-0.39, 0.29) is 12.5 Å². The van der Waals surface area contributed by atoms with Crippen molar-refractivity contribution in [2.24, 2.45) is 0 Å². The summed E-state index contributed by atoms with van der Waals surface area (Å²) in [4.78, 5) is 11.1. The predicted molar refractivity (Wildman–Crippen MR) is 82.1 cm³/mol. The minimum absolute atomic E-state index is 0.0464. The van der Waals surface area contributed by atoms with Crippen LogP contribution in [0.1, 0.15) is 18.6 Å². The Bertz CT molecular complexity index is 628. The molecule has 1 atom stereocenters. The Kier molecular flexibility index (Phi) is 4.79. The van der Waals surface area contributed by atoms with Crippen molar-refractivity contribution in [1.29, 1.82) is 0 Å². The van der Waals surface area contributed by atoms with Gasteiger partial charge in [-0.15, -0.1) is 0 Å². The maximum atomic E-state index is 11.1. The molecule has 0 spiro atoms. The standard InChI is InChI=1S/C16H18N2O3/c1-11(19)18-14-8-4-5-9-16(14)21-10-15(20)12-6-2-3-7-13(12)17/h2-9,15,20H,10,17H2,1H3,(H,18,19). The van der Waals surface area contributed by atoms with Crippen LogP contribution in [0.15, 0.2) is 48.5 Å². The molecule has 2 aromatic carbocycles. The number of anilines is 2. The lowest BCUT2D eigenvalue weighted by Gasteiger charge is -2.16. The van der Waals surface area contributed by atoms with Crippen molar-refractivity contribution in [2.75, 3.05) is 17.7 Å². The fourth-order valence-corrected chi connectivity index (χ4v) is 1.96. The molecule has 2 rings (SSSR count). The number of benzene rings is 2. The van der Waals surface area contributed by atoms with Gasteiger partial charge in [0.2, 0.25) is 5.91 Å². The van der Waals surface area contributed by atoms with Crippen molar-refractivity contribution >= 4 is 17.3 Å². The van der Waals surface area contributed by atoms with Gasteiger partial charge >= 0.3 is 0 Å². The predicted octanol–water partition coefficient (Wildman–Crippen LogP) is 2.34. The molecule has 0 aliphatic heterocycles. The minimum atomic E-state index is -0.836. The number of nitrogen functional groups attached to an aromatic ring is 1. The second-order valence-corrected chi connectivity index (χ2v) is 4.63. The summed E-state index contributed by atoms with van der Waals surface area (Å²) in [5, 5.41) is 12.8. The molecule has 21 heavy (non-hydrogen) atoms. The van der Waals surface area contributed by atoms with Crippen LogP contribution in [0.3, 0.4) is 0 Å². The van der Waals surface area contributed by atoms with Crippen molar-refractivity contribution in [3.63, 3.8) is 0 Å². The van der Waals surface area contributed by atoms with E-state index in [4.69, 9.17) is 10.5 Å². The highest BCUT2D eigenvalue weighted by molar-refractivity contribution is 5.90. The molecular formula is C16H18N2O3. The number of amides is 1. The average molecular weight is 286 g/mol. The fourth-order valence-electron chi connectivity index (χ4n) is 1.96. The number of carbonyl (C=O) groups is 1. The van der Waals surface area contributed by atoms with E-state index in [0.29, 0.717) is 22.7 Å². The topological polar surface area (TPSA) is 84.6 Å². The molecule has 0 heterocycles. The van der Waals surface area contributed by atoms with Crippen LogP contribution < -0.4 is 15.8 Å². The van der Waals surface area contributed by atoms with E-state index < -0.39 is 6.10 Å². The van der Waals surface area contributed by atoms with E-state index in [1.54, 1.807) is 48.5 Å². The van der Waals surface area contributed by atoms with Crippen molar-refractivity contribution < 1.29 is 14.6 Å². The molecule has 0 aliphatic rings. The number of nitrogens with two attached hydrogens (primary N) is 1. The first-order valence-corrected chi connectivity index (χ1v) is 6.60. The van der Waals surface area contributed by atoms with Gasteiger partial charge in [-0.05, 0) is 18.2 Å². The number of carbonyl (C=O) groups excluding carboxylic acids is 1. The zero-order chi connectivity index (χ0) is 15.2. The number of ether oxygens (including phenoxy) is 1. The zero-order valence-corrected chi connectivity index (χ0v) is 11.7. The third-order valence-electron chi connectivity index (χ3n) is 2.95. The van der Waals surface area contributed by atoms with Crippen LogP contribution >= 0.6 is 0 Å². The number of rotatable bonds is 5. The van der Waals surface area contributed by atoms with Gasteiger partial charge in [0.05, 0.1) is 5.69 Å². The second-order valence-electron chi connectivity index (χ2n) is 4.63. The van der Waals surface area contributed by atoms with Crippen molar-refractivity contribution in [3.8, 4) is 5.75 Å². The van der Waals surface area contributed by atoms with Crippen molar-refractivity contribution in [2.45, 2.75) is 13.0 Å². The minimum Gasteiger partial charge on any atom is -0.488 e. The number of hydrogen-bond donors (Lipinski definition) is 3. The summed E-state index contributed by atoms with van der Waals surface area (Å²) < 4.78 is 5.59. The maximum Gasteiger partial charge on any atom is 0.221 e. The number of para-hydroxylation sites is 3. The normalized spacial score (nSPS) is 11.7. The lowest BCUT2D eigenvalue weighted by atomic mass is 10.1. The van der Waals surface area contributed by atoms with Gasteiger partial charge < -0.3 is 20.9 Å².